The third kappa shape index (κ3) is 2.33. The van der Waals surface area contributed by atoms with E-state index in [9.17, 15) is 0 Å². The van der Waals surface area contributed by atoms with Crippen LogP contribution in [-0.2, 0) is 0 Å². The predicted molar refractivity (Wildman–Crippen MR) is 47.3 cm³/mol. The molecule has 3 heteroatoms. The van der Waals surface area contributed by atoms with Crippen molar-refractivity contribution >= 4 is 17.7 Å². The van der Waals surface area contributed by atoms with Crippen LogP contribution in [0.1, 0.15) is 5.69 Å². The van der Waals surface area contributed by atoms with Crippen molar-refractivity contribution in [3.8, 4) is 0 Å². The van der Waals surface area contributed by atoms with Crippen molar-refractivity contribution in [2.75, 3.05) is 6.54 Å². The summed E-state index contributed by atoms with van der Waals surface area (Å²) in [5, 5.41) is 0.650. The highest BCUT2D eigenvalue weighted by Gasteiger charge is 1.92. The van der Waals surface area contributed by atoms with E-state index < -0.39 is 0 Å². The Labute approximate surface area is 70.7 Å². The minimum atomic E-state index is 0.507. The minimum absolute atomic E-state index is 0.507. The second-order valence-electron chi connectivity index (χ2n) is 2.01. The SMILES string of the molecule is NCC=Cc1ncccc1Cl. The largest absolute Gasteiger partial charge is 0.327 e. The number of nitrogens with two attached hydrogens (primary N) is 1. The summed E-state index contributed by atoms with van der Waals surface area (Å²) in [6, 6.07) is 3.59. The van der Waals surface area contributed by atoms with Crippen LogP contribution in [0.25, 0.3) is 6.08 Å². The Morgan fingerprint density at radius 2 is 2.45 bits per heavy atom. The van der Waals surface area contributed by atoms with E-state index in [2.05, 4.69) is 4.98 Å². The molecule has 0 saturated heterocycles. The monoisotopic (exact) mass is 168 g/mol. The zero-order valence-electron chi connectivity index (χ0n) is 6.00. The van der Waals surface area contributed by atoms with E-state index in [4.69, 9.17) is 17.3 Å². The summed E-state index contributed by atoms with van der Waals surface area (Å²) in [6.07, 6.45) is 5.32. The summed E-state index contributed by atoms with van der Waals surface area (Å²) < 4.78 is 0. The second-order valence-corrected chi connectivity index (χ2v) is 2.42. The molecule has 0 aliphatic rings. The first-order chi connectivity index (χ1) is 5.34. The quantitative estimate of drug-likeness (QED) is 0.730. The number of halogens is 1. The second kappa shape index (κ2) is 4.11. The van der Waals surface area contributed by atoms with Gasteiger partial charge in [-0.05, 0) is 18.2 Å². The Bertz CT molecular complexity index is 258. The van der Waals surface area contributed by atoms with Gasteiger partial charge in [-0.15, -0.1) is 0 Å². The molecule has 0 unspecified atom stereocenters. The highest BCUT2D eigenvalue weighted by molar-refractivity contribution is 6.31. The molecule has 0 saturated carbocycles. The van der Waals surface area contributed by atoms with Crippen molar-refractivity contribution in [1.29, 1.82) is 0 Å². The molecule has 0 aliphatic heterocycles. The van der Waals surface area contributed by atoms with Crippen LogP contribution in [0, 0.1) is 0 Å². The van der Waals surface area contributed by atoms with E-state index in [1.807, 2.05) is 12.2 Å². The molecule has 1 aromatic rings. The summed E-state index contributed by atoms with van der Waals surface area (Å²) in [5.74, 6) is 0. The normalized spacial score (nSPS) is 10.7. The first-order valence-corrected chi connectivity index (χ1v) is 3.69. The van der Waals surface area contributed by atoms with Gasteiger partial charge in [0, 0.05) is 12.7 Å². The lowest BCUT2D eigenvalue weighted by Crippen LogP contribution is -1.92. The molecule has 1 rings (SSSR count). The number of hydrogen-bond donors (Lipinski definition) is 1. The molecule has 0 atom stereocenters. The summed E-state index contributed by atoms with van der Waals surface area (Å²) in [6.45, 7) is 0.507. The van der Waals surface area contributed by atoms with Crippen LogP contribution in [0.2, 0.25) is 5.02 Å². The number of nitrogens with zero attached hydrogens (tertiary/aromatic N) is 1. The van der Waals surface area contributed by atoms with E-state index >= 15 is 0 Å². The van der Waals surface area contributed by atoms with Gasteiger partial charge in [0.05, 0.1) is 10.7 Å². The lowest BCUT2D eigenvalue weighted by atomic mass is 10.3. The van der Waals surface area contributed by atoms with Gasteiger partial charge in [-0.1, -0.05) is 17.7 Å². The fourth-order valence-corrected chi connectivity index (χ4v) is 0.885. The zero-order valence-corrected chi connectivity index (χ0v) is 6.75. The summed E-state index contributed by atoms with van der Waals surface area (Å²) in [5.41, 5.74) is 6.03. The van der Waals surface area contributed by atoms with Gasteiger partial charge in [0.25, 0.3) is 0 Å². The van der Waals surface area contributed by atoms with Gasteiger partial charge in [0.2, 0.25) is 0 Å². The molecule has 0 fully saturated rings. The zero-order chi connectivity index (χ0) is 8.10. The molecule has 1 heterocycles. The summed E-state index contributed by atoms with van der Waals surface area (Å²) in [7, 11) is 0. The number of aromatic nitrogens is 1. The molecule has 0 aromatic carbocycles. The predicted octanol–water partition coefficient (Wildman–Crippen LogP) is 1.71. The van der Waals surface area contributed by atoms with Gasteiger partial charge in [0.1, 0.15) is 0 Å². The first kappa shape index (κ1) is 8.24. The van der Waals surface area contributed by atoms with Gasteiger partial charge in [0.15, 0.2) is 0 Å². The van der Waals surface area contributed by atoms with E-state index in [0.717, 1.165) is 5.69 Å². The van der Waals surface area contributed by atoms with Crippen molar-refractivity contribution in [3.05, 3.63) is 35.1 Å². The van der Waals surface area contributed by atoms with E-state index in [1.54, 1.807) is 18.3 Å². The van der Waals surface area contributed by atoms with Crippen molar-refractivity contribution in [2.24, 2.45) is 5.73 Å². The molecule has 2 N–H and O–H groups in total. The summed E-state index contributed by atoms with van der Waals surface area (Å²) >= 11 is 5.81. The van der Waals surface area contributed by atoms with Crippen LogP contribution < -0.4 is 5.73 Å². The van der Waals surface area contributed by atoms with Crippen molar-refractivity contribution in [3.63, 3.8) is 0 Å². The van der Waals surface area contributed by atoms with Crippen LogP contribution in [0.4, 0.5) is 0 Å². The molecule has 11 heavy (non-hydrogen) atoms. The minimum Gasteiger partial charge on any atom is -0.327 e. The molecule has 0 amide bonds. The molecular formula is C8H9ClN2. The van der Waals surface area contributed by atoms with Gasteiger partial charge in [-0.2, -0.15) is 0 Å². The van der Waals surface area contributed by atoms with Crippen molar-refractivity contribution < 1.29 is 0 Å². The van der Waals surface area contributed by atoms with Gasteiger partial charge < -0.3 is 5.73 Å². The van der Waals surface area contributed by atoms with Crippen LogP contribution in [0.3, 0.4) is 0 Å². The average molecular weight is 169 g/mol. The number of rotatable bonds is 2. The summed E-state index contributed by atoms with van der Waals surface area (Å²) in [4.78, 5) is 4.04. The topological polar surface area (TPSA) is 38.9 Å². The third-order valence-electron chi connectivity index (χ3n) is 1.20. The molecule has 2 nitrogen and oxygen atoms in total. The third-order valence-corrected chi connectivity index (χ3v) is 1.52. The Kier molecular flexibility index (Phi) is 3.08. The van der Waals surface area contributed by atoms with Gasteiger partial charge in [-0.3, -0.25) is 4.98 Å². The molecule has 1 aromatic heterocycles. The van der Waals surface area contributed by atoms with Crippen LogP contribution in [0.15, 0.2) is 24.4 Å². The van der Waals surface area contributed by atoms with E-state index in [-0.39, 0.29) is 0 Å². The smallest absolute Gasteiger partial charge is 0.0813 e. The Morgan fingerprint density at radius 1 is 1.64 bits per heavy atom. The Hall–Kier alpha value is -0.860. The molecular weight excluding hydrogens is 160 g/mol. The lowest BCUT2D eigenvalue weighted by molar-refractivity contribution is 1.25. The average Bonchev–Trinajstić information content (AvgIpc) is 2.03. The highest BCUT2D eigenvalue weighted by atomic mass is 35.5. The molecule has 0 spiro atoms. The van der Waals surface area contributed by atoms with Crippen LogP contribution in [-0.4, -0.2) is 11.5 Å². The maximum atomic E-state index is 5.81. The fraction of sp³-hybridized carbons (Fsp3) is 0.125. The van der Waals surface area contributed by atoms with E-state index in [1.165, 1.54) is 0 Å². The Morgan fingerprint density at radius 3 is 3.09 bits per heavy atom. The van der Waals surface area contributed by atoms with Gasteiger partial charge >= 0.3 is 0 Å². The first-order valence-electron chi connectivity index (χ1n) is 3.31. The van der Waals surface area contributed by atoms with Gasteiger partial charge in [-0.25, -0.2) is 0 Å². The van der Waals surface area contributed by atoms with E-state index in [0.29, 0.717) is 11.6 Å². The standard InChI is InChI=1S/C8H9ClN2/c9-7-3-2-6-11-8(7)4-1-5-10/h1-4,6H,5,10H2. The number of pyridine rings is 1. The lowest BCUT2D eigenvalue weighted by Gasteiger charge is -1.93. The Balaban J connectivity index is 2.86. The molecule has 0 bridgehead atoms. The highest BCUT2D eigenvalue weighted by Crippen LogP contribution is 2.12. The maximum Gasteiger partial charge on any atom is 0.0813 e. The maximum absolute atomic E-state index is 5.81. The number of hydrogen-bond acceptors (Lipinski definition) is 2. The fourth-order valence-electron chi connectivity index (χ4n) is 0.700. The van der Waals surface area contributed by atoms with Crippen LogP contribution >= 0.6 is 11.6 Å². The van der Waals surface area contributed by atoms with Crippen LogP contribution in [0.5, 0.6) is 0 Å². The molecule has 0 radical (unpaired) electrons. The van der Waals surface area contributed by atoms with Crippen molar-refractivity contribution in [1.82, 2.24) is 4.98 Å². The van der Waals surface area contributed by atoms with Crippen molar-refractivity contribution in [2.45, 2.75) is 0 Å². The molecule has 58 valence electrons. The molecule has 0 aliphatic carbocycles.